The molecule has 1 aliphatic heterocycles. The molecule has 0 radical (unpaired) electrons. The van der Waals surface area contributed by atoms with Crippen molar-refractivity contribution >= 4 is 11.9 Å². The summed E-state index contributed by atoms with van der Waals surface area (Å²) in [5.74, 6) is -1.18. The SMILES string of the molecule is CC1(C)Oc2c(O)cc(C=CC(=O)c3ccc(O)cc3O)cc2C(O)C1O. The highest BCUT2D eigenvalue weighted by Gasteiger charge is 2.43. The molecule has 2 aromatic rings. The number of ketones is 1. The number of rotatable bonds is 3. The van der Waals surface area contributed by atoms with Gasteiger partial charge < -0.3 is 30.3 Å². The second-order valence-corrected chi connectivity index (χ2v) is 6.95. The first-order valence-corrected chi connectivity index (χ1v) is 8.26. The van der Waals surface area contributed by atoms with Gasteiger partial charge in [0.1, 0.15) is 29.3 Å². The van der Waals surface area contributed by atoms with E-state index in [1.807, 2.05) is 0 Å². The first-order chi connectivity index (χ1) is 12.6. The zero-order valence-electron chi connectivity index (χ0n) is 14.7. The fraction of sp³-hybridized carbons (Fsp3) is 0.250. The van der Waals surface area contributed by atoms with Gasteiger partial charge in [-0.05, 0) is 49.8 Å². The van der Waals surface area contributed by atoms with Gasteiger partial charge in [-0.3, -0.25) is 4.79 Å². The number of phenolic OH excluding ortho intramolecular Hbond substituents is 3. The lowest BCUT2D eigenvalue weighted by Gasteiger charge is -2.40. The molecule has 3 rings (SSSR count). The third kappa shape index (κ3) is 3.47. The molecule has 0 saturated carbocycles. The molecule has 7 heteroatoms. The van der Waals surface area contributed by atoms with Gasteiger partial charge in [-0.25, -0.2) is 0 Å². The van der Waals surface area contributed by atoms with E-state index in [2.05, 4.69) is 0 Å². The van der Waals surface area contributed by atoms with Crippen molar-refractivity contribution in [3.8, 4) is 23.0 Å². The van der Waals surface area contributed by atoms with Crippen LogP contribution in [0, 0.1) is 0 Å². The van der Waals surface area contributed by atoms with Gasteiger partial charge in [0.25, 0.3) is 0 Å². The van der Waals surface area contributed by atoms with E-state index in [9.17, 15) is 30.3 Å². The zero-order valence-corrected chi connectivity index (χ0v) is 14.7. The lowest BCUT2D eigenvalue weighted by molar-refractivity contribution is -0.112. The van der Waals surface area contributed by atoms with Crippen molar-refractivity contribution in [2.24, 2.45) is 0 Å². The molecule has 0 amide bonds. The van der Waals surface area contributed by atoms with E-state index >= 15 is 0 Å². The molecule has 0 aliphatic carbocycles. The third-order valence-corrected chi connectivity index (χ3v) is 4.49. The van der Waals surface area contributed by atoms with Crippen LogP contribution in [-0.2, 0) is 0 Å². The van der Waals surface area contributed by atoms with Gasteiger partial charge in [0.15, 0.2) is 17.3 Å². The van der Waals surface area contributed by atoms with E-state index < -0.39 is 23.6 Å². The molecule has 5 N–H and O–H groups in total. The molecule has 0 saturated heterocycles. The molecular weight excluding hydrogens is 352 g/mol. The summed E-state index contributed by atoms with van der Waals surface area (Å²) >= 11 is 0. The molecule has 7 nitrogen and oxygen atoms in total. The Bertz CT molecular complexity index is 930. The Balaban J connectivity index is 1.92. The molecule has 142 valence electrons. The van der Waals surface area contributed by atoms with Crippen molar-refractivity contribution in [2.75, 3.05) is 0 Å². The molecule has 0 fully saturated rings. The summed E-state index contributed by atoms with van der Waals surface area (Å²) in [7, 11) is 0. The molecule has 0 aromatic heterocycles. The van der Waals surface area contributed by atoms with Crippen LogP contribution in [0.4, 0.5) is 0 Å². The second-order valence-electron chi connectivity index (χ2n) is 6.95. The highest BCUT2D eigenvalue weighted by molar-refractivity contribution is 6.08. The van der Waals surface area contributed by atoms with E-state index in [-0.39, 0.29) is 34.1 Å². The maximum Gasteiger partial charge on any atom is 0.189 e. The number of aliphatic hydroxyl groups excluding tert-OH is 2. The maximum absolute atomic E-state index is 12.2. The molecule has 2 unspecified atom stereocenters. The van der Waals surface area contributed by atoms with Crippen LogP contribution in [0.2, 0.25) is 0 Å². The Hall–Kier alpha value is -3.03. The Morgan fingerprint density at radius 2 is 1.78 bits per heavy atom. The summed E-state index contributed by atoms with van der Waals surface area (Å²) in [6, 6.07) is 6.49. The number of carbonyl (C=O) groups is 1. The van der Waals surface area contributed by atoms with Crippen molar-refractivity contribution in [2.45, 2.75) is 31.7 Å². The highest BCUT2D eigenvalue weighted by Crippen LogP contribution is 2.45. The Morgan fingerprint density at radius 3 is 2.44 bits per heavy atom. The van der Waals surface area contributed by atoms with Gasteiger partial charge in [0, 0.05) is 11.6 Å². The average molecular weight is 372 g/mol. The van der Waals surface area contributed by atoms with Crippen LogP contribution < -0.4 is 4.74 Å². The van der Waals surface area contributed by atoms with Crippen molar-refractivity contribution in [3.63, 3.8) is 0 Å². The quantitative estimate of drug-likeness (QED) is 0.413. The second kappa shape index (κ2) is 6.61. The van der Waals surface area contributed by atoms with Gasteiger partial charge in [0.2, 0.25) is 0 Å². The van der Waals surface area contributed by atoms with Gasteiger partial charge in [-0.15, -0.1) is 0 Å². The standard InChI is InChI=1S/C20H20O7/c1-20(2)19(26)17(25)13-7-10(8-16(24)18(13)27-20)3-6-14(22)12-5-4-11(21)9-15(12)23/h3-9,17,19,21,23-26H,1-2H3. The smallest absolute Gasteiger partial charge is 0.189 e. The van der Waals surface area contributed by atoms with Gasteiger partial charge >= 0.3 is 0 Å². The molecule has 27 heavy (non-hydrogen) atoms. The van der Waals surface area contributed by atoms with E-state index in [1.165, 1.54) is 36.4 Å². The van der Waals surface area contributed by atoms with Gasteiger partial charge in [-0.1, -0.05) is 6.08 Å². The fourth-order valence-electron chi connectivity index (χ4n) is 2.95. The summed E-state index contributed by atoms with van der Waals surface area (Å²) in [6.45, 7) is 3.19. The van der Waals surface area contributed by atoms with Gasteiger partial charge in [-0.2, -0.15) is 0 Å². The number of hydrogen-bond acceptors (Lipinski definition) is 7. The predicted octanol–water partition coefficient (Wildman–Crippen LogP) is 2.26. The van der Waals surface area contributed by atoms with Crippen LogP contribution in [0.1, 0.15) is 41.4 Å². The average Bonchev–Trinajstić information content (AvgIpc) is 2.59. The summed E-state index contributed by atoms with van der Waals surface area (Å²) in [5.41, 5.74) is -0.464. The van der Waals surface area contributed by atoms with Crippen LogP contribution in [0.3, 0.4) is 0 Å². The summed E-state index contributed by atoms with van der Waals surface area (Å²) < 4.78 is 5.60. The summed E-state index contributed by atoms with van der Waals surface area (Å²) in [4.78, 5) is 12.2. The molecule has 2 atom stereocenters. The van der Waals surface area contributed by atoms with E-state index in [1.54, 1.807) is 13.8 Å². The lowest BCUT2D eigenvalue weighted by atomic mass is 9.87. The third-order valence-electron chi connectivity index (χ3n) is 4.49. The number of aromatic hydroxyl groups is 3. The van der Waals surface area contributed by atoms with Crippen molar-refractivity contribution in [1.82, 2.24) is 0 Å². The number of fused-ring (bicyclic) bond motifs is 1. The topological polar surface area (TPSA) is 127 Å². The molecular formula is C20H20O7. The molecule has 0 bridgehead atoms. The van der Waals surface area contributed by atoms with Crippen molar-refractivity contribution in [3.05, 3.63) is 53.1 Å². The lowest BCUT2D eigenvalue weighted by Crippen LogP contribution is -2.48. The summed E-state index contributed by atoms with van der Waals surface area (Å²) in [5, 5.41) is 49.8. The minimum absolute atomic E-state index is 0.00627. The van der Waals surface area contributed by atoms with Crippen LogP contribution in [0.5, 0.6) is 23.0 Å². The number of aliphatic hydroxyl groups is 2. The number of benzene rings is 2. The van der Waals surface area contributed by atoms with Crippen LogP contribution in [0.15, 0.2) is 36.4 Å². The van der Waals surface area contributed by atoms with Crippen molar-refractivity contribution in [1.29, 1.82) is 0 Å². The predicted molar refractivity (Wildman–Crippen MR) is 96.9 cm³/mol. The highest BCUT2D eigenvalue weighted by atomic mass is 16.5. The number of phenols is 3. The Morgan fingerprint density at radius 1 is 1.07 bits per heavy atom. The minimum atomic E-state index is -1.26. The fourth-order valence-corrected chi connectivity index (χ4v) is 2.95. The molecule has 1 heterocycles. The first-order valence-electron chi connectivity index (χ1n) is 8.26. The number of allylic oxidation sites excluding steroid dienone is 1. The van der Waals surface area contributed by atoms with E-state index in [4.69, 9.17) is 4.74 Å². The van der Waals surface area contributed by atoms with Crippen LogP contribution in [0.25, 0.3) is 6.08 Å². The summed E-state index contributed by atoms with van der Waals surface area (Å²) in [6.07, 6.45) is 0.121. The normalized spacial score (nSPS) is 20.9. The monoisotopic (exact) mass is 372 g/mol. The minimum Gasteiger partial charge on any atom is -0.508 e. The van der Waals surface area contributed by atoms with E-state index in [0.717, 1.165) is 6.07 Å². The number of ether oxygens (including phenoxy) is 1. The molecule has 2 aromatic carbocycles. The number of carbonyl (C=O) groups excluding carboxylic acids is 1. The molecule has 1 aliphatic rings. The van der Waals surface area contributed by atoms with Crippen molar-refractivity contribution < 1.29 is 35.1 Å². The largest absolute Gasteiger partial charge is 0.508 e. The van der Waals surface area contributed by atoms with Gasteiger partial charge in [0.05, 0.1) is 5.56 Å². The maximum atomic E-state index is 12.2. The zero-order chi connectivity index (χ0) is 19.9. The Labute approximate surface area is 155 Å². The van der Waals surface area contributed by atoms with Crippen LogP contribution >= 0.6 is 0 Å². The Kier molecular flexibility index (Phi) is 4.59. The number of hydrogen-bond donors (Lipinski definition) is 5. The van der Waals surface area contributed by atoms with Crippen LogP contribution in [-0.4, -0.2) is 43.0 Å². The van der Waals surface area contributed by atoms with E-state index in [0.29, 0.717) is 5.56 Å². The molecule has 0 spiro atoms. The first kappa shape index (κ1) is 18.8.